The van der Waals surface area contributed by atoms with Crippen molar-refractivity contribution >= 4 is 20.8 Å². The largest absolute Gasteiger partial charge is 0.310 e. The second kappa shape index (κ2) is 8.27. The summed E-state index contributed by atoms with van der Waals surface area (Å²) in [4.78, 5) is 0. The van der Waals surface area contributed by atoms with Crippen LogP contribution in [0.5, 0.6) is 0 Å². The molecule has 1 heterocycles. The number of rotatable bonds is 6. The molecule has 1 fully saturated rings. The van der Waals surface area contributed by atoms with Gasteiger partial charge in [-0.3, -0.25) is 0 Å². The Labute approximate surface area is 173 Å². The molecule has 3 aromatic carbocycles. The normalized spacial score (nSPS) is 21.4. The molecule has 0 amide bonds. The Morgan fingerprint density at radius 3 is 2.41 bits per heavy atom. The van der Waals surface area contributed by atoms with Gasteiger partial charge in [-0.1, -0.05) is 72.8 Å². The standard InChI is InChI=1S/C24H28N2O2S/c1-18(22-14-8-12-19-11-6-7-13-23(19)22)25-15-21-16-26(29(2,27)28)17-24(21)20-9-4-3-5-10-20/h3-14,18,21,24-25H,15-17H2,1-2H3/t18-,21?,24?/m1/s1. The third kappa shape index (κ3) is 4.37. The Bertz CT molecular complexity index is 1080. The first-order chi connectivity index (χ1) is 13.9. The highest BCUT2D eigenvalue weighted by molar-refractivity contribution is 7.88. The average molecular weight is 409 g/mol. The van der Waals surface area contributed by atoms with Gasteiger partial charge in [0.2, 0.25) is 10.0 Å². The molecule has 4 rings (SSSR count). The lowest BCUT2D eigenvalue weighted by atomic mass is 9.88. The summed E-state index contributed by atoms with van der Waals surface area (Å²) in [5.41, 5.74) is 2.49. The zero-order chi connectivity index (χ0) is 20.4. The van der Waals surface area contributed by atoms with E-state index in [1.54, 1.807) is 4.31 Å². The Balaban J connectivity index is 1.53. The highest BCUT2D eigenvalue weighted by atomic mass is 32.2. The molecule has 152 valence electrons. The van der Waals surface area contributed by atoms with Gasteiger partial charge in [0.15, 0.2) is 0 Å². The first-order valence-corrected chi connectivity index (χ1v) is 12.0. The number of hydrogen-bond acceptors (Lipinski definition) is 3. The lowest BCUT2D eigenvalue weighted by molar-refractivity contribution is 0.423. The Morgan fingerprint density at radius 2 is 1.66 bits per heavy atom. The minimum atomic E-state index is -3.19. The first-order valence-electron chi connectivity index (χ1n) is 10.1. The lowest BCUT2D eigenvalue weighted by Gasteiger charge is -2.23. The van der Waals surface area contributed by atoms with E-state index in [0.29, 0.717) is 13.1 Å². The van der Waals surface area contributed by atoms with Gasteiger partial charge in [-0.05, 0) is 34.7 Å². The van der Waals surface area contributed by atoms with Crippen molar-refractivity contribution < 1.29 is 8.42 Å². The minimum absolute atomic E-state index is 0.185. The van der Waals surface area contributed by atoms with Crippen LogP contribution in [-0.4, -0.2) is 38.6 Å². The number of hydrogen-bond donors (Lipinski definition) is 1. The summed E-state index contributed by atoms with van der Waals surface area (Å²) in [5, 5.41) is 6.19. The molecule has 0 spiro atoms. The molecule has 4 nitrogen and oxygen atoms in total. The Kier molecular flexibility index (Phi) is 5.72. The van der Waals surface area contributed by atoms with E-state index >= 15 is 0 Å². The van der Waals surface area contributed by atoms with Crippen LogP contribution in [0.3, 0.4) is 0 Å². The van der Waals surface area contributed by atoms with Crippen LogP contribution < -0.4 is 5.32 Å². The van der Waals surface area contributed by atoms with Gasteiger partial charge in [0, 0.05) is 31.6 Å². The number of benzene rings is 3. The van der Waals surface area contributed by atoms with Crippen molar-refractivity contribution in [3.8, 4) is 0 Å². The van der Waals surface area contributed by atoms with Crippen LogP contribution in [0, 0.1) is 5.92 Å². The fourth-order valence-electron chi connectivity index (χ4n) is 4.45. The molecular weight excluding hydrogens is 380 g/mol. The van der Waals surface area contributed by atoms with E-state index < -0.39 is 10.0 Å². The molecule has 0 saturated carbocycles. The number of fused-ring (bicyclic) bond motifs is 1. The molecule has 1 aliphatic heterocycles. The molecule has 5 heteroatoms. The first kappa shape index (κ1) is 20.1. The topological polar surface area (TPSA) is 49.4 Å². The highest BCUT2D eigenvalue weighted by Gasteiger charge is 2.37. The third-order valence-electron chi connectivity index (χ3n) is 6.08. The second-order valence-corrected chi connectivity index (χ2v) is 10.0. The van der Waals surface area contributed by atoms with Gasteiger partial charge in [-0.2, -0.15) is 0 Å². The number of sulfonamides is 1. The Morgan fingerprint density at radius 1 is 0.966 bits per heavy atom. The summed E-state index contributed by atoms with van der Waals surface area (Å²) in [5.74, 6) is 0.447. The van der Waals surface area contributed by atoms with Crippen LogP contribution >= 0.6 is 0 Å². The lowest BCUT2D eigenvalue weighted by Crippen LogP contribution is -2.31. The SMILES string of the molecule is C[C@@H](NCC1CN(S(C)(=O)=O)CC1c1ccccc1)c1cccc2ccccc12. The van der Waals surface area contributed by atoms with E-state index in [9.17, 15) is 8.42 Å². The second-order valence-electron chi connectivity index (χ2n) is 8.06. The fourth-order valence-corrected chi connectivity index (χ4v) is 5.35. The fraction of sp³-hybridized carbons (Fsp3) is 0.333. The average Bonchev–Trinajstić information content (AvgIpc) is 3.17. The maximum Gasteiger partial charge on any atom is 0.211 e. The highest BCUT2D eigenvalue weighted by Crippen LogP contribution is 2.34. The molecule has 0 bridgehead atoms. The summed E-state index contributed by atoms with van der Waals surface area (Å²) in [7, 11) is -3.19. The van der Waals surface area contributed by atoms with Crippen molar-refractivity contribution in [3.63, 3.8) is 0 Å². The third-order valence-corrected chi connectivity index (χ3v) is 7.32. The smallest absolute Gasteiger partial charge is 0.211 e. The summed E-state index contributed by atoms with van der Waals surface area (Å²) < 4.78 is 26.0. The van der Waals surface area contributed by atoms with E-state index in [2.05, 4.69) is 66.8 Å². The minimum Gasteiger partial charge on any atom is -0.310 e. The zero-order valence-corrected chi connectivity index (χ0v) is 17.8. The van der Waals surface area contributed by atoms with Crippen LogP contribution in [-0.2, 0) is 10.0 Å². The van der Waals surface area contributed by atoms with Crippen LogP contribution in [0.2, 0.25) is 0 Å². The number of nitrogens with one attached hydrogen (secondary N) is 1. The van der Waals surface area contributed by atoms with Crippen LogP contribution in [0.25, 0.3) is 10.8 Å². The maximum atomic E-state index is 12.2. The van der Waals surface area contributed by atoms with Crippen molar-refractivity contribution in [2.45, 2.75) is 18.9 Å². The molecule has 0 aliphatic carbocycles. The molecule has 0 radical (unpaired) electrons. The van der Waals surface area contributed by atoms with Gasteiger partial charge in [0.25, 0.3) is 0 Å². The van der Waals surface area contributed by atoms with Crippen molar-refractivity contribution in [1.82, 2.24) is 9.62 Å². The summed E-state index contributed by atoms with van der Waals surface area (Å²) >= 11 is 0. The molecule has 3 aromatic rings. The van der Waals surface area contributed by atoms with Crippen LogP contribution in [0.15, 0.2) is 72.8 Å². The van der Waals surface area contributed by atoms with E-state index in [1.165, 1.54) is 28.2 Å². The molecule has 0 aromatic heterocycles. The van der Waals surface area contributed by atoms with Crippen molar-refractivity contribution in [1.29, 1.82) is 0 Å². The molecule has 1 aliphatic rings. The quantitative estimate of drug-likeness (QED) is 0.666. The molecule has 1 N–H and O–H groups in total. The molecule has 3 atom stereocenters. The van der Waals surface area contributed by atoms with Crippen molar-refractivity contribution in [2.75, 3.05) is 25.9 Å². The summed E-state index contributed by atoms with van der Waals surface area (Å²) in [6.07, 6.45) is 1.31. The molecule has 1 saturated heterocycles. The van der Waals surface area contributed by atoms with Gasteiger partial charge >= 0.3 is 0 Å². The predicted octanol–water partition coefficient (Wildman–Crippen LogP) is 4.17. The monoisotopic (exact) mass is 408 g/mol. The zero-order valence-electron chi connectivity index (χ0n) is 17.0. The van der Waals surface area contributed by atoms with Crippen molar-refractivity contribution in [2.24, 2.45) is 5.92 Å². The van der Waals surface area contributed by atoms with Gasteiger partial charge in [-0.25, -0.2) is 12.7 Å². The molecule has 2 unspecified atom stereocenters. The van der Waals surface area contributed by atoms with E-state index in [0.717, 1.165) is 6.54 Å². The molecule has 29 heavy (non-hydrogen) atoms. The van der Waals surface area contributed by atoms with Gasteiger partial charge in [-0.15, -0.1) is 0 Å². The van der Waals surface area contributed by atoms with Gasteiger partial charge in [0.1, 0.15) is 0 Å². The van der Waals surface area contributed by atoms with Crippen LogP contribution in [0.4, 0.5) is 0 Å². The molecular formula is C24H28N2O2S. The summed E-state index contributed by atoms with van der Waals surface area (Å²) in [6, 6.07) is 25.3. The predicted molar refractivity (Wildman–Crippen MR) is 119 cm³/mol. The van der Waals surface area contributed by atoms with Crippen molar-refractivity contribution in [3.05, 3.63) is 83.9 Å². The Hall–Kier alpha value is -2.21. The maximum absolute atomic E-state index is 12.2. The van der Waals surface area contributed by atoms with Crippen LogP contribution in [0.1, 0.15) is 30.0 Å². The summed E-state index contributed by atoms with van der Waals surface area (Å²) in [6.45, 7) is 4.07. The van der Waals surface area contributed by atoms with E-state index in [4.69, 9.17) is 0 Å². The van der Waals surface area contributed by atoms with Gasteiger partial charge in [0.05, 0.1) is 6.26 Å². The van der Waals surface area contributed by atoms with Gasteiger partial charge < -0.3 is 5.32 Å². The number of nitrogens with zero attached hydrogens (tertiary/aromatic N) is 1. The van der Waals surface area contributed by atoms with E-state index in [-0.39, 0.29) is 17.9 Å². The van der Waals surface area contributed by atoms with E-state index in [1.807, 2.05) is 18.2 Å².